The highest BCUT2D eigenvalue weighted by molar-refractivity contribution is 6.19. The second kappa shape index (κ2) is 4.73. The lowest BCUT2D eigenvalue weighted by Crippen LogP contribution is -2.41. The number of hydrogen-bond donors (Lipinski definition) is 1. The molecule has 3 nitrogen and oxygen atoms in total. The fraction of sp³-hybridized carbons (Fsp3) is 0.615. The third kappa shape index (κ3) is 2.34. The number of halogens is 1. The number of carbonyl (C=O) groups excluding carboxylic acids is 1. The van der Waals surface area contributed by atoms with Crippen LogP contribution < -0.4 is 0 Å². The van der Waals surface area contributed by atoms with Gasteiger partial charge in [-0.1, -0.05) is 0 Å². The maximum atomic E-state index is 12.4. The van der Waals surface area contributed by atoms with Crippen molar-refractivity contribution in [2.45, 2.75) is 32.7 Å². The highest BCUT2D eigenvalue weighted by Crippen LogP contribution is 2.34. The second-order valence-corrected chi connectivity index (χ2v) is 5.57. The van der Waals surface area contributed by atoms with Crippen molar-refractivity contribution in [3.63, 3.8) is 0 Å². The van der Waals surface area contributed by atoms with Crippen LogP contribution in [0.15, 0.2) is 18.3 Å². The van der Waals surface area contributed by atoms with Gasteiger partial charge < -0.3 is 9.88 Å². The third-order valence-electron chi connectivity index (χ3n) is 3.41. The Bertz CT molecular complexity index is 386. The van der Waals surface area contributed by atoms with Crippen molar-refractivity contribution in [1.82, 2.24) is 9.88 Å². The van der Waals surface area contributed by atoms with Gasteiger partial charge in [-0.2, -0.15) is 0 Å². The quantitative estimate of drug-likeness (QED) is 0.828. The van der Waals surface area contributed by atoms with Gasteiger partial charge in [0.25, 0.3) is 0 Å². The molecule has 1 fully saturated rings. The number of nitrogens with zero attached hydrogens (tertiary/aromatic N) is 1. The normalized spacial score (nSPS) is 20.9. The molecule has 0 aliphatic carbocycles. The van der Waals surface area contributed by atoms with Crippen LogP contribution in [0.3, 0.4) is 0 Å². The molecule has 1 saturated heterocycles. The number of aromatic amines is 1. The Morgan fingerprint density at radius 2 is 2.41 bits per heavy atom. The minimum absolute atomic E-state index is 0.157. The lowest BCUT2D eigenvalue weighted by Gasteiger charge is -2.31. The van der Waals surface area contributed by atoms with E-state index >= 15 is 0 Å². The molecule has 0 saturated carbocycles. The Hall–Kier alpha value is -0.960. The van der Waals surface area contributed by atoms with Crippen molar-refractivity contribution in [1.29, 1.82) is 0 Å². The number of amides is 1. The average Bonchev–Trinajstić information content (AvgIpc) is 2.97. The minimum atomic E-state index is -0.475. The number of rotatable bonds is 3. The molecule has 1 atom stereocenters. The first-order valence-corrected chi connectivity index (χ1v) is 6.60. The van der Waals surface area contributed by atoms with Crippen LogP contribution in [-0.4, -0.2) is 28.2 Å². The largest absolute Gasteiger partial charge is 0.363 e. The van der Waals surface area contributed by atoms with Crippen molar-refractivity contribution in [3.8, 4) is 0 Å². The molecule has 2 rings (SSSR count). The van der Waals surface area contributed by atoms with E-state index in [0.717, 1.165) is 25.1 Å². The van der Waals surface area contributed by atoms with Gasteiger partial charge in [0.15, 0.2) is 0 Å². The van der Waals surface area contributed by atoms with Crippen LogP contribution in [0.4, 0.5) is 0 Å². The van der Waals surface area contributed by atoms with Gasteiger partial charge in [0, 0.05) is 24.3 Å². The standard InChI is InChI=1S/C13H19ClN2O/c1-13(2,9-14)12(17)16-8-4-6-11(16)10-5-3-7-15-10/h3,5,7,11,15H,4,6,8-9H2,1-2H3. The molecule has 1 aromatic heterocycles. The zero-order valence-electron chi connectivity index (χ0n) is 10.4. The van der Waals surface area contributed by atoms with Gasteiger partial charge in [-0.15, -0.1) is 11.6 Å². The van der Waals surface area contributed by atoms with Gasteiger partial charge in [-0.05, 0) is 38.8 Å². The van der Waals surface area contributed by atoms with Crippen LogP contribution >= 0.6 is 11.6 Å². The van der Waals surface area contributed by atoms with E-state index in [-0.39, 0.29) is 11.9 Å². The molecular weight excluding hydrogens is 236 g/mol. The first-order valence-electron chi connectivity index (χ1n) is 6.06. The summed E-state index contributed by atoms with van der Waals surface area (Å²) in [5.41, 5.74) is 0.651. The summed E-state index contributed by atoms with van der Waals surface area (Å²) >= 11 is 5.88. The van der Waals surface area contributed by atoms with E-state index in [1.54, 1.807) is 0 Å². The molecule has 17 heavy (non-hydrogen) atoms. The second-order valence-electron chi connectivity index (χ2n) is 5.30. The number of H-pyrrole nitrogens is 1. The van der Waals surface area contributed by atoms with Crippen LogP contribution in [0.5, 0.6) is 0 Å². The van der Waals surface area contributed by atoms with E-state index in [1.807, 2.05) is 37.1 Å². The minimum Gasteiger partial charge on any atom is -0.363 e. The van der Waals surface area contributed by atoms with Crippen LogP contribution in [0.2, 0.25) is 0 Å². The molecule has 0 aromatic carbocycles. The first kappa shape index (κ1) is 12.5. The zero-order valence-corrected chi connectivity index (χ0v) is 11.1. The SMILES string of the molecule is CC(C)(CCl)C(=O)N1CCCC1c1ccc[nH]1. The van der Waals surface area contributed by atoms with Gasteiger partial charge in [-0.25, -0.2) is 0 Å². The summed E-state index contributed by atoms with van der Waals surface area (Å²) in [6.07, 6.45) is 4.00. The van der Waals surface area contributed by atoms with Crippen molar-refractivity contribution >= 4 is 17.5 Å². The first-order chi connectivity index (χ1) is 8.06. The third-order valence-corrected chi connectivity index (χ3v) is 4.08. The molecule has 1 amide bonds. The number of aromatic nitrogens is 1. The molecule has 2 heterocycles. The Labute approximate surface area is 107 Å². The van der Waals surface area contributed by atoms with E-state index in [0.29, 0.717) is 5.88 Å². The number of nitrogens with one attached hydrogen (secondary N) is 1. The molecule has 1 aliphatic rings. The fourth-order valence-corrected chi connectivity index (χ4v) is 2.44. The number of carbonyl (C=O) groups is 1. The van der Waals surface area contributed by atoms with Crippen molar-refractivity contribution < 1.29 is 4.79 Å². The molecule has 4 heteroatoms. The van der Waals surface area contributed by atoms with Crippen LogP contribution in [0.25, 0.3) is 0 Å². The van der Waals surface area contributed by atoms with Gasteiger partial charge in [0.2, 0.25) is 5.91 Å². The Balaban J connectivity index is 2.18. The molecule has 1 unspecified atom stereocenters. The van der Waals surface area contributed by atoms with E-state index in [4.69, 9.17) is 11.6 Å². The summed E-state index contributed by atoms with van der Waals surface area (Å²) in [6.45, 7) is 4.65. The van der Waals surface area contributed by atoms with E-state index < -0.39 is 5.41 Å². The fourth-order valence-electron chi connectivity index (χ4n) is 2.33. The number of alkyl halides is 1. The van der Waals surface area contributed by atoms with Gasteiger partial charge in [-0.3, -0.25) is 4.79 Å². The van der Waals surface area contributed by atoms with Crippen molar-refractivity contribution in [2.75, 3.05) is 12.4 Å². The summed E-state index contributed by atoms with van der Waals surface area (Å²) in [5.74, 6) is 0.518. The summed E-state index contributed by atoms with van der Waals surface area (Å²) < 4.78 is 0. The smallest absolute Gasteiger partial charge is 0.229 e. The Morgan fingerprint density at radius 3 is 3.00 bits per heavy atom. The lowest BCUT2D eigenvalue weighted by atomic mass is 9.93. The van der Waals surface area contributed by atoms with Crippen LogP contribution in [0, 0.1) is 5.41 Å². The maximum Gasteiger partial charge on any atom is 0.229 e. The van der Waals surface area contributed by atoms with Crippen molar-refractivity contribution in [2.24, 2.45) is 5.41 Å². The lowest BCUT2D eigenvalue weighted by molar-refractivity contribution is -0.140. The Kier molecular flexibility index (Phi) is 3.48. The zero-order chi connectivity index (χ0) is 12.5. The van der Waals surface area contributed by atoms with Gasteiger partial charge in [0.1, 0.15) is 0 Å². The predicted molar refractivity (Wildman–Crippen MR) is 69.0 cm³/mol. The molecular formula is C13H19ClN2O. The molecule has 0 spiro atoms. The highest BCUT2D eigenvalue weighted by Gasteiger charge is 2.38. The molecule has 94 valence electrons. The van der Waals surface area contributed by atoms with Crippen LogP contribution in [-0.2, 0) is 4.79 Å². The number of likely N-dealkylation sites (tertiary alicyclic amines) is 1. The molecule has 1 aliphatic heterocycles. The van der Waals surface area contributed by atoms with E-state index in [2.05, 4.69) is 4.98 Å². The van der Waals surface area contributed by atoms with Gasteiger partial charge >= 0.3 is 0 Å². The highest BCUT2D eigenvalue weighted by atomic mass is 35.5. The summed E-state index contributed by atoms with van der Waals surface area (Å²) in [7, 11) is 0. The number of hydrogen-bond acceptors (Lipinski definition) is 1. The van der Waals surface area contributed by atoms with E-state index in [9.17, 15) is 4.79 Å². The van der Waals surface area contributed by atoms with Crippen LogP contribution in [0.1, 0.15) is 38.4 Å². The maximum absolute atomic E-state index is 12.4. The average molecular weight is 255 g/mol. The molecule has 0 bridgehead atoms. The summed E-state index contributed by atoms with van der Waals surface area (Å²) in [4.78, 5) is 17.6. The summed E-state index contributed by atoms with van der Waals surface area (Å²) in [6, 6.07) is 4.22. The molecule has 1 aromatic rings. The van der Waals surface area contributed by atoms with Crippen molar-refractivity contribution in [3.05, 3.63) is 24.0 Å². The predicted octanol–water partition coefficient (Wildman–Crippen LogP) is 2.94. The molecule has 0 radical (unpaired) electrons. The monoisotopic (exact) mass is 254 g/mol. The van der Waals surface area contributed by atoms with Gasteiger partial charge in [0.05, 0.1) is 11.5 Å². The summed E-state index contributed by atoms with van der Waals surface area (Å²) in [5, 5.41) is 0. The Morgan fingerprint density at radius 1 is 1.65 bits per heavy atom. The molecule has 1 N–H and O–H groups in total. The van der Waals surface area contributed by atoms with E-state index in [1.165, 1.54) is 0 Å². The topological polar surface area (TPSA) is 36.1 Å².